The summed E-state index contributed by atoms with van der Waals surface area (Å²) in [5.74, 6) is 0.899. The Morgan fingerprint density at radius 2 is 1.80 bits per heavy atom. The number of carbonyl (C=O) groups excluding carboxylic acids is 1. The molecular weight excluding hydrogens is 318 g/mol. The number of hydrogen-bond acceptors (Lipinski definition) is 5. The van der Waals surface area contributed by atoms with E-state index >= 15 is 0 Å². The Hall–Kier alpha value is -3.08. The molecule has 2 aromatic rings. The van der Waals surface area contributed by atoms with Crippen molar-refractivity contribution in [3.8, 4) is 11.5 Å². The van der Waals surface area contributed by atoms with Crippen molar-refractivity contribution in [2.24, 2.45) is 5.16 Å². The van der Waals surface area contributed by atoms with E-state index in [9.17, 15) is 4.79 Å². The second-order valence-corrected chi connectivity index (χ2v) is 5.31. The van der Waals surface area contributed by atoms with Crippen LogP contribution in [0.1, 0.15) is 25.0 Å². The highest BCUT2D eigenvalue weighted by Crippen LogP contribution is 2.29. The van der Waals surface area contributed by atoms with Crippen molar-refractivity contribution in [1.82, 2.24) is 0 Å². The summed E-state index contributed by atoms with van der Waals surface area (Å²) in [5.41, 5.74) is 2.46. The van der Waals surface area contributed by atoms with Crippen LogP contribution >= 0.6 is 0 Å². The van der Waals surface area contributed by atoms with Crippen LogP contribution in [0.2, 0.25) is 0 Å². The van der Waals surface area contributed by atoms with Crippen LogP contribution in [0.5, 0.6) is 11.5 Å². The zero-order chi connectivity index (χ0) is 17.6. The monoisotopic (exact) mass is 337 g/mol. The summed E-state index contributed by atoms with van der Waals surface area (Å²) in [6, 6.07) is 15.0. The maximum Gasteiger partial charge on any atom is 0.368 e. The normalized spacial score (nSPS) is 15.0. The van der Waals surface area contributed by atoms with Crippen molar-refractivity contribution in [2.45, 2.75) is 13.8 Å². The Kier molecular flexibility index (Phi) is 5.14. The standard InChI is InChI=1S/C20H19NO4/c1-3-23-16-10-11-18(24-4-2)15(12-16)13-17-19(21-25-20(17)22)14-8-6-5-7-9-14/h5-13H,3-4H2,1-2H3/b17-13+. The molecule has 0 radical (unpaired) electrons. The van der Waals surface area contributed by atoms with Gasteiger partial charge in [0.05, 0.1) is 18.8 Å². The molecule has 128 valence electrons. The van der Waals surface area contributed by atoms with Crippen LogP contribution in [0.25, 0.3) is 6.08 Å². The molecule has 0 saturated carbocycles. The Morgan fingerprint density at radius 1 is 1.04 bits per heavy atom. The van der Waals surface area contributed by atoms with Crippen LogP contribution in [0.15, 0.2) is 59.3 Å². The van der Waals surface area contributed by atoms with E-state index in [0.29, 0.717) is 36.0 Å². The quantitative estimate of drug-likeness (QED) is 0.594. The minimum atomic E-state index is -0.483. The fourth-order valence-corrected chi connectivity index (χ4v) is 2.55. The number of rotatable bonds is 6. The third-order valence-electron chi connectivity index (χ3n) is 3.63. The van der Waals surface area contributed by atoms with Gasteiger partial charge in [-0.1, -0.05) is 35.5 Å². The molecule has 0 amide bonds. The topological polar surface area (TPSA) is 57.1 Å². The smallest absolute Gasteiger partial charge is 0.368 e. The van der Waals surface area contributed by atoms with Crippen LogP contribution in [0, 0.1) is 0 Å². The van der Waals surface area contributed by atoms with Gasteiger partial charge in [0.15, 0.2) is 0 Å². The van der Waals surface area contributed by atoms with E-state index in [2.05, 4.69) is 5.16 Å². The number of ether oxygens (including phenoxy) is 2. The fourth-order valence-electron chi connectivity index (χ4n) is 2.55. The molecule has 0 N–H and O–H groups in total. The van der Waals surface area contributed by atoms with Gasteiger partial charge in [-0.15, -0.1) is 0 Å². The summed E-state index contributed by atoms with van der Waals surface area (Å²) >= 11 is 0. The first-order valence-electron chi connectivity index (χ1n) is 8.19. The molecule has 1 aliphatic rings. The van der Waals surface area contributed by atoms with Gasteiger partial charge >= 0.3 is 5.97 Å². The van der Waals surface area contributed by atoms with E-state index in [1.165, 1.54) is 0 Å². The van der Waals surface area contributed by atoms with Crippen molar-refractivity contribution in [3.05, 3.63) is 65.2 Å². The van der Waals surface area contributed by atoms with Crippen LogP contribution in [-0.2, 0) is 9.63 Å². The predicted octanol–water partition coefficient (Wildman–Crippen LogP) is 3.83. The summed E-state index contributed by atoms with van der Waals surface area (Å²) in [5, 5.41) is 3.93. The van der Waals surface area contributed by atoms with Gasteiger partial charge in [0.1, 0.15) is 17.2 Å². The molecule has 0 spiro atoms. The van der Waals surface area contributed by atoms with Gasteiger partial charge in [-0.3, -0.25) is 0 Å². The highest BCUT2D eigenvalue weighted by atomic mass is 16.7. The molecule has 1 aliphatic heterocycles. The first kappa shape index (κ1) is 16.8. The molecule has 3 rings (SSSR count). The Labute approximate surface area is 146 Å². The highest BCUT2D eigenvalue weighted by Gasteiger charge is 2.27. The van der Waals surface area contributed by atoms with E-state index in [1.807, 2.05) is 62.4 Å². The van der Waals surface area contributed by atoms with E-state index in [0.717, 1.165) is 11.1 Å². The summed E-state index contributed by atoms with van der Waals surface area (Å²) in [7, 11) is 0. The second kappa shape index (κ2) is 7.66. The van der Waals surface area contributed by atoms with Gasteiger partial charge < -0.3 is 14.3 Å². The molecule has 2 aromatic carbocycles. The molecule has 0 unspecified atom stereocenters. The highest BCUT2D eigenvalue weighted by molar-refractivity contribution is 6.31. The lowest BCUT2D eigenvalue weighted by Gasteiger charge is -2.10. The molecule has 0 aliphatic carbocycles. The lowest BCUT2D eigenvalue weighted by Crippen LogP contribution is -2.07. The summed E-state index contributed by atoms with van der Waals surface area (Å²) < 4.78 is 11.2. The van der Waals surface area contributed by atoms with E-state index < -0.39 is 5.97 Å². The molecule has 0 fully saturated rings. The van der Waals surface area contributed by atoms with Gasteiger partial charge in [-0.2, -0.15) is 0 Å². The largest absolute Gasteiger partial charge is 0.494 e. The number of oxime groups is 1. The molecule has 0 saturated heterocycles. The zero-order valence-electron chi connectivity index (χ0n) is 14.2. The average molecular weight is 337 g/mol. The summed E-state index contributed by atoms with van der Waals surface area (Å²) in [6.07, 6.45) is 1.73. The molecule has 0 aromatic heterocycles. The Balaban J connectivity index is 2.04. The molecule has 1 heterocycles. The lowest BCUT2D eigenvalue weighted by atomic mass is 10.0. The maximum atomic E-state index is 12.2. The summed E-state index contributed by atoms with van der Waals surface area (Å²) in [6.45, 7) is 4.91. The average Bonchev–Trinajstić information content (AvgIpc) is 2.99. The first-order chi connectivity index (χ1) is 12.2. The van der Waals surface area contributed by atoms with Crippen molar-refractivity contribution < 1.29 is 19.1 Å². The van der Waals surface area contributed by atoms with Crippen LogP contribution in [-0.4, -0.2) is 24.9 Å². The molecule has 5 nitrogen and oxygen atoms in total. The van der Waals surface area contributed by atoms with E-state index in [-0.39, 0.29) is 0 Å². The van der Waals surface area contributed by atoms with Gasteiger partial charge in [0.25, 0.3) is 0 Å². The molecule has 0 atom stereocenters. The van der Waals surface area contributed by atoms with Gasteiger partial charge in [0.2, 0.25) is 0 Å². The third kappa shape index (κ3) is 3.71. The fraction of sp³-hybridized carbons (Fsp3) is 0.200. The maximum absolute atomic E-state index is 12.2. The minimum Gasteiger partial charge on any atom is -0.494 e. The van der Waals surface area contributed by atoms with Crippen LogP contribution < -0.4 is 9.47 Å². The third-order valence-corrected chi connectivity index (χ3v) is 3.63. The number of benzene rings is 2. The summed E-state index contributed by atoms with van der Waals surface area (Å²) in [4.78, 5) is 17.1. The predicted molar refractivity (Wildman–Crippen MR) is 95.8 cm³/mol. The first-order valence-corrected chi connectivity index (χ1v) is 8.19. The van der Waals surface area contributed by atoms with Gasteiger partial charge in [0, 0.05) is 11.1 Å². The SMILES string of the molecule is CCOc1ccc(OCC)c(/C=C2/C(=O)ON=C2c2ccccc2)c1. The molecular formula is C20H19NO4. The Morgan fingerprint density at radius 3 is 2.52 bits per heavy atom. The van der Waals surface area contributed by atoms with Crippen molar-refractivity contribution >= 4 is 17.8 Å². The lowest BCUT2D eigenvalue weighted by molar-refractivity contribution is -0.136. The van der Waals surface area contributed by atoms with E-state index in [1.54, 1.807) is 6.08 Å². The number of nitrogens with zero attached hydrogens (tertiary/aromatic N) is 1. The van der Waals surface area contributed by atoms with Crippen molar-refractivity contribution in [3.63, 3.8) is 0 Å². The van der Waals surface area contributed by atoms with Crippen LogP contribution in [0.4, 0.5) is 0 Å². The minimum absolute atomic E-state index is 0.390. The number of carbonyl (C=O) groups is 1. The van der Waals surface area contributed by atoms with Gasteiger partial charge in [-0.25, -0.2) is 4.79 Å². The number of hydrogen-bond donors (Lipinski definition) is 0. The van der Waals surface area contributed by atoms with Crippen molar-refractivity contribution in [1.29, 1.82) is 0 Å². The zero-order valence-corrected chi connectivity index (χ0v) is 14.2. The van der Waals surface area contributed by atoms with E-state index in [4.69, 9.17) is 14.3 Å². The molecule has 0 bridgehead atoms. The molecule has 5 heteroatoms. The molecule has 25 heavy (non-hydrogen) atoms. The second-order valence-electron chi connectivity index (χ2n) is 5.31. The van der Waals surface area contributed by atoms with Crippen molar-refractivity contribution in [2.75, 3.05) is 13.2 Å². The van der Waals surface area contributed by atoms with Gasteiger partial charge in [-0.05, 0) is 38.1 Å². The van der Waals surface area contributed by atoms with Crippen LogP contribution in [0.3, 0.4) is 0 Å². The Bertz CT molecular complexity index is 825.